The van der Waals surface area contributed by atoms with Crippen LogP contribution in [-0.4, -0.2) is 51.6 Å². The number of hydrogen-bond acceptors (Lipinski definition) is 4. The van der Waals surface area contributed by atoms with E-state index in [9.17, 15) is 0 Å². The van der Waals surface area contributed by atoms with Crippen LogP contribution in [0.2, 0.25) is 0 Å². The van der Waals surface area contributed by atoms with Gasteiger partial charge in [0.05, 0.1) is 18.9 Å². The van der Waals surface area contributed by atoms with Gasteiger partial charge in [-0.05, 0) is 43.3 Å². The standard InChI is InChI=1S/C20H29N5O/c1-2-11-22-12-5-3-4-6-13-23-20(21)24-18-7-9-19(10-8-18)25-14-16-26-17-15-25/h3-10,13,22H,2,11-12,14-17H2,1H3,(H2,21,24)/b5-3+,6-4+,23-13+. The fourth-order valence-electron chi connectivity index (χ4n) is 2.46. The number of ether oxygens (including phenoxy) is 1. The van der Waals surface area contributed by atoms with Gasteiger partial charge in [-0.15, -0.1) is 0 Å². The van der Waals surface area contributed by atoms with Crippen molar-refractivity contribution in [1.29, 1.82) is 0 Å². The molecule has 2 rings (SSSR count). The van der Waals surface area contributed by atoms with Crippen LogP contribution < -0.4 is 16.0 Å². The first-order chi connectivity index (χ1) is 12.8. The predicted molar refractivity (Wildman–Crippen MR) is 111 cm³/mol. The fourth-order valence-corrected chi connectivity index (χ4v) is 2.46. The molecule has 1 aromatic rings. The van der Waals surface area contributed by atoms with Gasteiger partial charge in [-0.3, -0.25) is 0 Å². The average Bonchev–Trinajstić information content (AvgIpc) is 2.68. The van der Waals surface area contributed by atoms with Gasteiger partial charge in [0, 0.05) is 31.5 Å². The van der Waals surface area contributed by atoms with Crippen molar-refractivity contribution in [2.24, 2.45) is 15.7 Å². The molecule has 0 aromatic heterocycles. The topological polar surface area (TPSA) is 75.2 Å². The largest absolute Gasteiger partial charge is 0.378 e. The van der Waals surface area contributed by atoms with Crippen LogP contribution in [-0.2, 0) is 4.74 Å². The molecule has 0 spiro atoms. The van der Waals surface area contributed by atoms with Gasteiger partial charge in [0.1, 0.15) is 0 Å². The number of morpholine rings is 1. The zero-order chi connectivity index (χ0) is 18.5. The third kappa shape index (κ3) is 7.63. The summed E-state index contributed by atoms with van der Waals surface area (Å²) in [6.07, 6.45) is 10.6. The van der Waals surface area contributed by atoms with Gasteiger partial charge >= 0.3 is 0 Å². The second-order valence-corrected chi connectivity index (χ2v) is 5.88. The highest BCUT2D eigenvalue weighted by Crippen LogP contribution is 2.20. The Labute approximate surface area is 156 Å². The number of guanidine groups is 1. The molecule has 1 aliphatic heterocycles. The first kappa shape index (κ1) is 19.9. The Kier molecular flexibility index (Phi) is 9.18. The number of benzene rings is 1. The number of anilines is 1. The first-order valence-corrected chi connectivity index (χ1v) is 9.13. The summed E-state index contributed by atoms with van der Waals surface area (Å²) in [5.41, 5.74) is 7.82. The molecule has 0 aliphatic carbocycles. The molecule has 0 unspecified atom stereocenters. The molecule has 1 saturated heterocycles. The highest BCUT2D eigenvalue weighted by molar-refractivity contribution is 5.91. The first-order valence-electron chi connectivity index (χ1n) is 9.13. The minimum Gasteiger partial charge on any atom is -0.378 e. The van der Waals surface area contributed by atoms with Crippen molar-refractivity contribution in [3.05, 3.63) is 48.6 Å². The van der Waals surface area contributed by atoms with Crippen LogP contribution in [0.5, 0.6) is 0 Å². The number of allylic oxidation sites excluding steroid dienone is 3. The summed E-state index contributed by atoms with van der Waals surface area (Å²) in [5, 5.41) is 3.29. The van der Waals surface area contributed by atoms with Crippen molar-refractivity contribution in [1.82, 2.24) is 5.32 Å². The van der Waals surface area contributed by atoms with E-state index in [1.165, 1.54) is 5.69 Å². The Morgan fingerprint density at radius 3 is 2.69 bits per heavy atom. The lowest BCUT2D eigenvalue weighted by Crippen LogP contribution is -2.36. The number of rotatable bonds is 8. The highest BCUT2D eigenvalue weighted by atomic mass is 16.5. The van der Waals surface area contributed by atoms with Gasteiger partial charge < -0.3 is 20.7 Å². The molecule has 0 atom stereocenters. The van der Waals surface area contributed by atoms with E-state index in [1.807, 2.05) is 30.4 Å². The molecule has 1 fully saturated rings. The fraction of sp³-hybridized carbons (Fsp3) is 0.400. The lowest BCUT2D eigenvalue weighted by Gasteiger charge is -2.28. The number of nitrogens with one attached hydrogen (secondary N) is 1. The van der Waals surface area contributed by atoms with Crippen molar-refractivity contribution in [2.45, 2.75) is 13.3 Å². The molecule has 0 amide bonds. The Morgan fingerprint density at radius 2 is 1.96 bits per heavy atom. The van der Waals surface area contributed by atoms with Crippen LogP contribution >= 0.6 is 0 Å². The maximum absolute atomic E-state index is 5.85. The summed E-state index contributed by atoms with van der Waals surface area (Å²) in [4.78, 5) is 10.7. The van der Waals surface area contributed by atoms with Crippen molar-refractivity contribution >= 4 is 23.5 Å². The van der Waals surface area contributed by atoms with E-state index in [1.54, 1.807) is 6.21 Å². The van der Waals surface area contributed by atoms with E-state index in [0.29, 0.717) is 0 Å². The number of aliphatic imine (C=N–C) groups is 2. The van der Waals surface area contributed by atoms with Gasteiger partial charge in [-0.25, -0.2) is 9.98 Å². The van der Waals surface area contributed by atoms with Crippen LogP contribution in [0, 0.1) is 0 Å². The van der Waals surface area contributed by atoms with Gasteiger partial charge in [-0.1, -0.05) is 25.2 Å². The summed E-state index contributed by atoms with van der Waals surface area (Å²) < 4.78 is 5.37. The SMILES string of the molecule is CCCNC/C=C/C=C/C=N/C(N)=Nc1ccc(N2CCOCC2)cc1. The molecule has 0 bridgehead atoms. The Balaban J connectivity index is 1.79. The summed E-state index contributed by atoms with van der Waals surface area (Å²) in [6, 6.07) is 8.01. The summed E-state index contributed by atoms with van der Waals surface area (Å²) in [6.45, 7) is 7.46. The smallest absolute Gasteiger partial charge is 0.220 e. The predicted octanol–water partition coefficient (Wildman–Crippen LogP) is 2.65. The number of nitrogens with zero attached hydrogens (tertiary/aromatic N) is 3. The van der Waals surface area contributed by atoms with E-state index in [4.69, 9.17) is 10.5 Å². The second kappa shape index (κ2) is 12.0. The van der Waals surface area contributed by atoms with Crippen molar-refractivity contribution in [2.75, 3.05) is 44.3 Å². The van der Waals surface area contributed by atoms with E-state index in [0.717, 1.165) is 51.5 Å². The molecular formula is C20H29N5O. The molecule has 1 aliphatic rings. The molecule has 0 saturated carbocycles. The van der Waals surface area contributed by atoms with E-state index >= 15 is 0 Å². The minimum atomic E-state index is 0.238. The molecule has 6 nitrogen and oxygen atoms in total. The van der Waals surface area contributed by atoms with Gasteiger partial charge in [0.25, 0.3) is 0 Å². The lowest BCUT2D eigenvalue weighted by atomic mass is 10.2. The maximum atomic E-state index is 5.85. The minimum absolute atomic E-state index is 0.238. The molecule has 3 N–H and O–H groups in total. The Morgan fingerprint density at radius 1 is 1.19 bits per heavy atom. The second-order valence-electron chi connectivity index (χ2n) is 5.88. The quantitative estimate of drug-likeness (QED) is 0.325. The van der Waals surface area contributed by atoms with Crippen LogP contribution in [0.15, 0.2) is 58.6 Å². The molecule has 0 radical (unpaired) electrons. The van der Waals surface area contributed by atoms with Gasteiger partial charge in [-0.2, -0.15) is 0 Å². The Bertz CT molecular complexity index is 628. The molecule has 1 heterocycles. The monoisotopic (exact) mass is 355 g/mol. The van der Waals surface area contributed by atoms with Gasteiger partial charge in [0.15, 0.2) is 0 Å². The van der Waals surface area contributed by atoms with Crippen molar-refractivity contribution in [3.63, 3.8) is 0 Å². The van der Waals surface area contributed by atoms with Crippen molar-refractivity contribution in [3.8, 4) is 0 Å². The Hall–Kier alpha value is -2.44. The summed E-state index contributed by atoms with van der Waals surface area (Å²) in [7, 11) is 0. The molecular weight excluding hydrogens is 326 g/mol. The van der Waals surface area contributed by atoms with Crippen LogP contribution in [0.4, 0.5) is 11.4 Å². The van der Waals surface area contributed by atoms with E-state index in [2.05, 4.69) is 45.3 Å². The van der Waals surface area contributed by atoms with Crippen LogP contribution in [0.3, 0.4) is 0 Å². The molecule has 6 heteroatoms. The van der Waals surface area contributed by atoms with Crippen LogP contribution in [0.25, 0.3) is 0 Å². The van der Waals surface area contributed by atoms with E-state index < -0.39 is 0 Å². The zero-order valence-corrected chi connectivity index (χ0v) is 15.5. The average molecular weight is 355 g/mol. The summed E-state index contributed by atoms with van der Waals surface area (Å²) in [5.74, 6) is 0.238. The third-order valence-electron chi connectivity index (χ3n) is 3.81. The molecule has 1 aromatic carbocycles. The summed E-state index contributed by atoms with van der Waals surface area (Å²) >= 11 is 0. The molecule has 26 heavy (non-hydrogen) atoms. The normalized spacial score (nSPS) is 16.3. The van der Waals surface area contributed by atoms with Gasteiger partial charge in [0.2, 0.25) is 5.96 Å². The number of hydrogen-bond donors (Lipinski definition) is 2. The van der Waals surface area contributed by atoms with Crippen LogP contribution in [0.1, 0.15) is 13.3 Å². The van der Waals surface area contributed by atoms with Crippen molar-refractivity contribution < 1.29 is 4.74 Å². The third-order valence-corrected chi connectivity index (χ3v) is 3.81. The lowest BCUT2D eigenvalue weighted by molar-refractivity contribution is 0.122. The zero-order valence-electron chi connectivity index (χ0n) is 15.5. The molecule has 140 valence electrons. The number of nitrogens with two attached hydrogens (primary N) is 1. The highest BCUT2D eigenvalue weighted by Gasteiger charge is 2.10. The van der Waals surface area contributed by atoms with E-state index in [-0.39, 0.29) is 5.96 Å². The maximum Gasteiger partial charge on any atom is 0.220 e.